The lowest BCUT2D eigenvalue weighted by Crippen LogP contribution is -2.74. The van der Waals surface area contributed by atoms with Crippen LogP contribution in [0.15, 0.2) is 48.5 Å². The van der Waals surface area contributed by atoms with Gasteiger partial charge in [-0.2, -0.15) is 0 Å². The average Bonchev–Trinajstić information content (AvgIpc) is 2.88. The summed E-state index contributed by atoms with van der Waals surface area (Å²) in [6.07, 6.45) is 0.690. The second kappa shape index (κ2) is 13.3. The summed E-state index contributed by atoms with van der Waals surface area (Å²) in [6.45, 7) is 5.50. The minimum atomic E-state index is -0.604. The maximum atomic E-state index is 13.2. The lowest BCUT2D eigenvalue weighted by atomic mass is 9.97. The number of benzene rings is 2. The minimum absolute atomic E-state index is 0.0646. The summed E-state index contributed by atoms with van der Waals surface area (Å²) < 4.78 is 18.2. The molecule has 1 N–H and O–H groups in total. The highest BCUT2D eigenvalue weighted by Gasteiger charge is 2.48. The molecule has 4 rings (SSSR count). The summed E-state index contributed by atoms with van der Waals surface area (Å²) in [4.78, 5) is 40.7. The fraction of sp³-hybridized carbons (Fsp3) is 0.464. The van der Waals surface area contributed by atoms with Crippen molar-refractivity contribution in [3.63, 3.8) is 0 Å². The number of nitrogens with zero attached hydrogens (tertiary/aromatic N) is 4. The van der Waals surface area contributed by atoms with E-state index in [1.54, 1.807) is 41.1 Å². The highest BCUT2D eigenvalue weighted by Crippen LogP contribution is 2.28. The standard InChI is InChI=1S/C19H25FN4O3.C9H13NO/c1-13(2)8-16-19(27)22(9-14-4-6-15(20)7-5-14)10-17-23(12-25)21(3)11-18(26)24(16)17;1-10-7-8-3-5-9(11-2)6-4-8/h4-7,12-13,16-17H,8-11H2,1-3H3;3-6,10H,7H2,1-2H3/t16-,17?;/m0./s1. The zero-order chi connectivity index (χ0) is 27.8. The molecule has 10 heteroatoms. The molecule has 2 fully saturated rings. The molecule has 0 aliphatic carbocycles. The van der Waals surface area contributed by atoms with Crippen molar-refractivity contribution in [2.75, 3.05) is 34.3 Å². The van der Waals surface area contributed by atoms with Crippen molar-refractivity contribution >= 4 is 18.2 Å². The lowest BCUT2D eigenvalue weighted by molar-refractivity contribution is -0.197. The number of hydrogen-bond acceptors (Lipinski definition) is 6. The third-order valence-electron chi connectivity index (χ3n) is 6.62. The first-order valence-corrected chi connectivity index (χ1v) is 12.7. The monoisotopic (exact) mass is 527 g/mol. The third kappa shape index (κ3) is 7.08. The van der Waals surface area contributed by atoms with Gasteiger partial charge in [-0.1, -0.05) is 38.1 Å². The molecule has 2 heterocycles. The number of likely N-dealkylation sites (N-methyl/N-ethyl adjacent to an activating group) is 1. The number of piperazine rings is 1. The molecule has 9 nitrogen and oxygen atoms in total. The summed E-state index contributed by atoms with van der Waals surface area (Å²) in [5.74, 6) is 0.501. The highest BCUT2D eigenvalue weighted by atomic mass is 19.1. The van der Waals surface area contributed by atoms with Gasteiger partial charge in [0.2, 0.25) is 18.2 Å². The second-order valence-electron chi connectivity index (χ2n) is 9.95. The Bertz CT molecular complexity index is 1080. The number of hydrogen-bond donors (Lipinski definition) is 1. The molecule has 0 spiro atoms. The first-order chi connectivity index (χ1) is 18.2. The molecule has 2 aromatic rings. The van der Waals surface area contributed by atoms with Crippen LogP contribution < -0.4 is 10.1 Å². The van der Waals surface area contributed by atoms with Gasteiger partial charge in [0, 0.05) is 20.1 Å². The molecule has 2 aromatic carbocycles. The van der Waals surface area contributed by atoms with Gasteiger partial charge in [0.1, 0.15) is 23.8 Å². The van der Waals surface area contributed by atoms with Crippen molar-refractivity contribution < 1.29 is 23.5 Å². The zero-order valence-electron chi connectivity index (χ0n) is 22.8. The molecule has 2 atom stereocenters. The van der Waals surface area contributed by atoms with Crippen LogP contribution in [-0.4, -0.2) is 84.5 Å². The van der Waals surface area contributed by atoms with Gasteiger partial charge in [-0.25, -0.2) is 9.40 Å². The molecule has 2 aliphatic heterocycles. The molecule has 0 aromatic heterocycles. The molecule has 2 saturated heterocycles. The molecule has 206 valence electrons. The van der Waals surface area contributed by atoms with Crippen molar-refractivity contribution in [2.45, 2.75) is 45.6 Å². The van der Waals surface area contributed by atoms with Crippen molar-refractivity contribution in [1.82, 2.24) is 25.1 Å². The van der Waals surface area contributed by atoms with Crippen LogP contribution in [0.2, 0.25) is 0 Å². The molecule has 0 bridgehead atoms. The van der Waals surface area contributed by atoms with E-state index in [0.717, 1.165) is 17.9 Å². The summed E-state index contributed by atoms with van der Waals surface area (Å²) in [5, 5.41) is 6.13. The second-order valence-corrected chi connectivity index (χ2v) is 9.95. The maximum absolute atomic E-state index is 13.2. The minimum Gasteiger partial charge on any atom is -0.497 e. The topological polar surface area (TPSA) is 85.4 Å². The maximum Gasteiger partial charge on any atom is 0.245 e. The highest BCUT2D eigenvalue weighted by molar-refractivity contribution is 5.90. The van der Waals surface area contributed by atoms with Crippen molar-refractivity contribution in [3.05, 3.63) is 65.5 Å². The van der Waals surface area contributed by atoms with E-state index < -0.39 is 12.2 Å². The number of methoxy groups -OCH3 is 1. The number of rotatable bonds is 8. The summed E-state index contributed by atoms with van der Waals surface area (Å²) in [6, 6.07) is 13.4. The van der Waals surface area contributed by atoms with Crippen LogP contribution in [0.5, 0.6) is 5.75 Å². The molecular weight excluding hydrogens is 489 g/mol. The molecule has 3 amide bonds. The largest absolute Gasteiger partial charge is 0.497 e. The number of halogens is 1. The Kier molecular flexibility index (Phi) is 10.2. The number of amides is 3. The fourth-order valence-corrected chi connectivity index (χ4v) is 4.76. The number of fused-ring (bicyclic) bond motifs is 1. The van der Waals surface area contributed by atoms with Crippen LogP contribution >= 0.6 is 0 Å². The van der Waals surface area contributed by atoms with Gasteiger partial charge in [-0.3, -0.25) is 19.4 Å². The van der Waals surface area contributed by atoms with Crippen LogP contribution in [0.4, 0.5) is 4.39 Å². The van der Waals surface area contributed by atoms with E-state index >= 15 is 0 Å². The molecule has 0 radical (unpaired) electrons. The average molecular weight is 528 g/mol. The normalized spacial score (nSPS) is 19.7. The smallest absolute Gasteiger partial charge is 0.245 e. The van der Waals surface area contributed by atoms with Gasteiger partial charge in [0.25, 0.3) is 0 Å². The number of hydrazine groups is 1. The van der Waals surface area contributed by atoms with Crippen molar-refractivity contribution in [3.8, 4) is 5.75 Å². The van der Waals surface area contributed by atoms with Gasteiger partial charge in [-0.15, -0.1) is 0 Å². The summed E-state index contributed by atoms with van der Waals surface area (Å²) >= 11 is 0. The number of carbonyl (C=O) groups is 3. The molecule has 0 saturated carbocycles. The predicted molar refractivity (Wildman–Crippen MR) is 142 cm³/mol. The van der Waals surface area contributed by atoms with E-state index in [9.17, 15) is 18.8 Å². The Morgan fingerprint density at radius 2 is 1.71 bits per heavy atom. The number of ether oxygens (including phenoxy) is 1. The van der Waals surface area contributed by atoms with Gasteiger partial charge in [0.05, 0.1) is 20.2 Å². The van der Waals surface area contributed by atoms with E-state index in [1.807, 2.05) is 33.0 Å². The molecule has 1 unspecified atom stereocenters. The third-order valence-corrected chi connectivity index (χ3v) is 6.62. The van der Waals surface area contributed by atoms with Gasteiger partial charge < -0.3 is 19.9 Å². The van der Waals surface area contributed by atoms with Crippen LogP contribution in [0.1, 0.15) is 31.4 Å². The number of carbonyl (C=O) groups excluding carboxylic acids is 3. The fourth-order valence-electron chi connectivity index (χ4n) is 4.76. The lowest BCUT2D eigenvalue weighted by Gasteiger charge is -2.54. The summed E-state index contributed by atoms with van der Waals surface area (Å²) in [5.41, 5.74) is 2.07. The Morgan fingerprint density at radius 3 is 2.26 bits per heavy atom. The Balaban J connectivity index is 0.000000304. The van der Waals surface area contributed by atoms with Crippen molar-refractivity contribution in [1.29, 1.82) is 0 Å². The van der Waals surface area contributed by atoms with Gasteiger partial charge >= 0.3 is 0 Å². The van der Waals surface area contributed by atoms with Crippen molar-refractivity contribution in [2.24, 2.45) is 5.92 Å². The zero-order valence-corrected chi connectivity index (χ0v) is 22.8. The molecular formula is C28H38FN5O4. The quantitative estimate of drug-likeness (QED) is 0.531. The van der Waals surface area contributed by atoms with E-state index in [-0.39, 0.29) is 36.6 Å². The first kappa shape index (κ1) is 29.1. The summed E-state index contributed by atoms with van der Waals surface area (Å²) in [7, 11) is 5.29. The SMILES string of the molecule is CC(C)C[C@H]1C(=O)N(Cc2ccc(F)cc2)CC2N1C(=O)CN(C)N2C=O.CNCc1ccc(OC)cc1. The Labute approximate surface area is 224 Å². The van der Waals surface area contributed by atoms with E-state index in [2.05, 4.69) is 17.4 Å². The van der Waals surface area contributed by atoms with Gasteiger partial charge in [0.15, 0.2) is 0 Å². The van der Waals surface area contributed by atoms with E-state index in [1.165, 1.54) is 22.7 Å². The first-order valence-electron chi connectivity index (χ1n) is 12.7. The Morgan fingerprint density at radius 1 is 1.08 bits per heavy atom. The van der Waals surface area contributed by atoms with E-state index in [0.29, 0.717) is 19.4 Å². The molecule has 38 heavy (non-hydrogen) atoms. The Hall–Kier alpha value is -3.50. The van der Waals surface area contributed by atoms with Gasteiger partial charge in [-0.05, 0) is 54.8 Å². The van der Waals surface area contributed by atoms with Crippen LogP contribution in [-0.2, 0) is 27.5 Å². The molecule has 2 aliphatic rings. The van der Waals surface area contributed by atoms with Crippen LogP contribution in [0, 0.1) is 11.7 Å². The van der Waals surface area contributed by atoms with Crippen LogP contribution in [0.3, 0.4) is 0 Å². The number of nitrogens with one attached hydrogen (secondary N) is 1. The predicted octanol–water partition coefficient (Wildman–Crippen LogP) is 2.47. The van der Waals surface area contributed by atoms with E-state index in [4.69, 9.17) is 4.74 Å². The van der Waals surface area contributed by atoms with Crippen LogP contribution in [0.25, 0.3) is 0 Å².